The van der Waals surface area contributed by atoms with Crippen LogP contribution in [-0.2, 0) is 20.7 Å². The molecule has 2 atom stereocenters. The number of ether oxygens (including phenoxy) is 1. The Labute approximate surface area is 240 Å². The monoisotopic (exact) mass is 549 g/mol. The van der Waals surface area contributed by atoms with Crippen LogP contribution in [-0.4, -0.2) is 47.0 Å². The highest BCUT2D eigenvalue weighted by molar-refractivity contribution is 5.92. The summed E-state index contributed by atoms with van der Waals surface area (Å²) < 4.78 is 5.53. The zero-order chi connectivity index (χ0) is 29.3. The van der Waals surface area contributed by atoms with Crippen molar-refractivity contribution in [3.8, 4) is 0 Å². The van der Waals surface area contributed by atoms with Gasteiger partial charge in [0, 0.05) is 19.0 Å². The van der Waals surface area contributed by atoms with Crippen molar-refractivity contribution in [2.24, 2.45) is 0 Å². The minimum absolute atomic E-state index is 0.0841. The molecule has 7 heteroatoms. The maximum atomic E-state index is 14.5. The highest BCUT2D eigenvalue weighted by Gasteiger charge is 2.42. The Morgan fingerprint density at radius 1 is 1.00 bits per heavy atom. The first-order valence-corrected chi connectivity index (χ1v) is 14.7. The van der Waals surface area contributed by atoms with E-state index >= 15 is 0 Å². The van der Waals surface area contributed by atoms with Crippen LogP contribution in [0.25, 0.3) is 0 Å². The van der Waals surface area contributed by atoms with Gasteiger partial charge in [0.25, 0.3) is 0 Å². The molecule has 1 fully saturated rings. The summed E-state index contributed by atoms with van der Waals surface area (Å²) in [6, 6.07) is 13.8. The summed E-state index contributed by atoms with van der Waals surface area (Å²) >= 11 is 0. The largest absolute Gasteiger partial charge is 0.444 e. The van der Waals surface area contributed by atoms with Crippen molar-refractivity contribution in [3.05, 3.63) is 70.8 Å². The van der Waals surface area contributed by atoms with Gasteiger partial charge in [-0.2, -0.15) is 0 Å². The van der Waals surface area contributed by atoms with Crippen molar-refractivity contribution in [1.82, 2.24) is 15.5 Å². The standard InChI is InChI=1S/C33H47N3O4/c1-7-8-12-20-34-30(37)29(26-19-18-23(2)24(3)21-26)36(27-16-13-17-27)31(38)28(22-25-14-10-9-11-15-25)35-32(39)40-33(4,5)6/h9-11,14-15,18-19,21,27-29H,7-8,12-13,16-17,20,22H2,1-6H3,(H,34,37)(H,35,39). The number of alkyl carbamates (subject to hydrolysis) is 1. The number of carbonyl (C=O) groups excluding carboxylic acids is 3. The fourth-order valence-electron chi connectivity index (χ4n) is 4.92. The van der Waals surface area contributed by atoms with Crippen LogP contribution in [0.5, 0.6) is 0 Å². The Bertz CT molecular complexity index is 1140. The van der Waals surface area contributed by atoms with Crippen LogP contribution in [0, 0.1) is 13.8 Å². The number of rotatable bonds is 12. The van der Waals surface area contributed by atoms with E-state index in [1.165, 1.54) is 0 Å². The van der Waals surface area contributed by atoms with Crippen LogP contribution >= 0.6 is 0 Å². The van der Waals surface area contributed by atoms with E-state index in [9.17, 15) is 14.4 Å². The van der Waals surface area contributed by atoms with E-state index in [2.05, 4.69) is 17.6 Å². The maximum absolute atomic E-state index is 14.5. The molecule has 2 aromatic carbocycles. The lowest BCUT2D eigenvalue weighted by Crippen LogP contribution is -2.58. The molecule has 2 N–H and O–H groups in total. The molecule has 3 amide bonds. The molecule has 0 spiro atoms. The molecule has 2 unspecified atom stereocenters. The molecule has 0 saturated heterocycles. The number of carbonyl (C=O) groups is 3. The second-order valence-electron chi connectivity index (χ2n) is 12.0. The summed E-state index contributed by atoms with van der Waals surface area (Å²) in [6.07, 6.45) is 5.24. The molecule has 218 valence electrons. The van der Waals surface area contributed by atoms with Gasteiger partial charge in [0.2, 0.25) is 11.8 Å². The summed E-state index contributed by atoms with van der Waals surface area (Å²) in [5.41, 5.74) is 3.18. The van der Waals surface area contributed by atoms with Crippen LogP contribution in [0.2, 0.25) is 0 Å². The molecule has 3 rings (SSSR count). The minimum atomic E-state index is -0.889. The Morgan fingerprint density at radius 2 is 1.70 bits per heavy atom. The summed E-state index contributed by atoms with van der Waals surface area (Å²) in [5.74, 6) is -0.457. The third-order valence-corrected chi connectivity index (χ3v) is 7.45. The second kappa shape index (κ2) is 14.3. The molecule has 1 saturated carbocycles. The smallest absolute Gasteiger partial charge is 0.408 e. The molecular weight excluding hydrogens is 502 g/mol. The van der Waals surface area contributed by atoms with Crippen molar-refractivity contribution in [1.29, 1.82) is 0 Å². The van der Waals surface area contributed by atoms with Crippen LogP contribution < -0.4 is 10.6 Å². The van der Waals surface area contributed by atoms with Gasteiger partial charge in [-0.25, -0.2) is 4.79 Å². The third kappa shape index (κ3) is 8.83. The fourth-order valence-corrected chi connectivity index (χ4v) is 4.92. The lowest BCUT2D eigenvalue weighted by Gasteiger charge is -2.43. The average Bonchev–Trinajstić information content (AvgIpc) is 2.86. The quantitative estimate of drug-likeness (QED) is 0.310. The zero-order valence-electron chi connectivity index (χ0n) is 25.1. The number of nitrogens with one attached hydrogen (secondary N) is 2. The van der Waals surface area contributed by atoms with Crippen LogP contribution in [0.1, 0.15) is 94.5 Å². The zero-order valence-corrected chi connectivity index (χ0v) is 25.1. The van der Waals surface area contributed by atoms with Gasteiger partial charge in [-0.1, -0.05) is 68.3 Å². The highest BCUT2D eigenvalue weighted by Crippen LogP contribution is 2.34. The molecule has 2 aromatic rings. The Morgan fingerprint density at radius 3 is 2.27 bits per heavy atom. The predicted octanol–water partition coefficient (Wildman–Crippen LogP) is 6.17. The number of aryl methyl sites for hydroxylation is 2. The third-order valence-electron chi connectivity index (χ3n) is 7.45. The fraction of sp³-hybridized carbons (Fsp3) is 0.545. The first-order valence-electron chi connectivity index (χ1n) is 14.7. The van der Waals surface area contributed by atoms with Crippen molar-refractivity contribution in [2.75, 3.05) is 6.54 Å². The number of amides is 3. The Balaban J connectivity index is 2.01. The van der Waals surface area contributed by atoms with Gasteiger partial charge in [-0.3, -0.25) is 9.59 Å². The Kier molecular flexibility index (Phi) is 11.2. The van der Waals surface area contributed by atoms with E-state index in [1.807, 2.05) is 62.4 Å². The van der Waals surface area contributed by atoms with Crippen molar-refractivity contribution < 1.29 is 19.1 Å². The minimum Gasteiger partial charge on any atom is -0.444 e. The van der Waals surface area contributed by atoms with Gasteiger partial charge in [-0.05, 0) is 82.6 Å². The maximum Gasteiger partial charge on any atom is 0.408 e. The summed E-state index contributed by atoms with van der Waals surface area (Å²) in [7, 11) is 0. The van der Waals surface area contributed by atoms with Crippen molar-refractivity contribution in [3.63, 3.8) is 0 Å². The van der Waals surface area contributed by atoms with Gasteiger partial charge < -0.3 is 20.3 Å². The first-order chi connectivity index (χ1) is 19.0. The highest BCUT2D eigenvalue weighted by atomic mass is 16.6. The molecule has 7 nitrogen and oxygen atoms in total. The SMILES string of the molecule is CCCCCNC(=O)C(c1ccc(C)c(C)c1)N(C(=O)C(Cc1ccccc1)NC(=O)OC(C)(C)C)C1CCC1. The lowest BCUT2D eigenvalue weighted by atomic mass is 9.87. The normalized spacial score (nSPS) is 14.9. The topological polar surface area (TPSA) is 87.7 Å². The second-order valence-corrected chi connectivity index (χ2v) is 12.0. The van der Waals surface area contributed by atoms with Gasteiger partial charge in [0.1, 0.15) is 17.7 Å². The summed E-state index contributed by atoms with van der Waals surface area (Å²) in [4.78, 5) is 43.0. The number of unbranched alkanes of at least 4 members (excludes halogenated alkanes) is 2. The van der Waals surface area contributed by atoms with Crippen LogP contribution in [0.4, 0.5) is 4.79 Å². The molecular formula is C33H47N3O4. The molecule has 1 aliphatic carbocycles. The van der Waals surface area contributed by atoms with E-state index in [0.717, 1.165) is 60.8 Å². The number of hydrogen-bond acceptors (Lipinski definition) is 4. The number of hydrogen-bond donors (Lipinski definition) is 2. The first kappa shape index (κ1) is 31.2. The molecule has 0 aliphatic heterocycles. The van der Waals surface area contributed by atoms with E-state index in [-0.39, 0.29) is 17.9 Å². The van der Waals surface area contributed by atoms with E-state index < -0.39 is 23.8 Å². The molecule has 40 heavy (non-hydrogen) atoms. The van der Waals surface area contributed by atoms with Gasteiger partial charge >= 0.3 is 6.09 Å². The number of nitrogens with zero attached hydrogens (tertiary/aromatic N) is 1. The van der Waals surface area contributed by atoms with Crippen LogP contribution in [0.15, 0.2) is 48.5 Å². The van der Waals surface area contributed by atoms with E-state index in [0.29, 0.717) is 13.0 Å². The predicted molar refractivity (Wildman–Crippen MR) is 159 cm³/mol. The molecule has 0 bridgehead atoms. The van der Waals surface area contributed by atoms with Gasteiger partial charge in [0.15, 0.2) is 0 Å². The summed E-state index contributed by atoms with van der Waals surface area (Å²) in [6.45, 7) is 12.1. The van der Waals surface area contributed by atoms with E-state index in [1.54, 1.807) is 25.7 Å². The van der Waals surface area contributed by atoms with Crippen LogP contribution in [0.3, 0.4) is 0 Å². The van der Waals surface area contributed by atoms with E-state index in [4.69, 9.17) is 4.74 Å². The molecule has 0 radical (unpaired) electrons. The molecule has 1 aliphatic rings. The number of benzene rings is 2. The van der Waals surface area contributed by atoms with Crippen molar-refractivity contribution in [2.45, 2.75) is 110 Å². The summed E-state index contributed by atoms with van der Waals surface area (Å²) in [5, 5.41) is 5.95. The van der Waals surface area contributed by atoms with Crippen molar-refractivity contribution >= 4 is 17.9 Å². The molecule has 0 aromatic heterocycles. The van der Waals surface area contributed by atoms with Gasteiger partial charge in [-0.15, -0.1) is 0 Å². The average molecular weight is 550 g/mol. The molecule has 0 heterocycles. The van der Waals surface area contributed by atoms with Gasteiger partial charge in [0.05, 0.1) is 0 Å². The Hall–Kier alpha value is -3.35. The lowest BCUT2D eigenvalue weighted by molar-refractivity contribution is -0.147.